The number of ether oxygens (including phenoxy) is 1. The van der Waals surface area contributed by atoms with Crippen molar-refractivity contribution in [2.75, 3.05) is 7.11 Å². The molecule has 1 aromatic carbocycles. The smallest absolute Gasteiger partial charge is 0.345 e. The highest BCUT2D eigenvalue weighted by Crippen LogP contribution is 2.30. The van der Waals surface area contributed by atoms with E-state index in [1.807, 2.05) is 0 Å². The van der Waals surface area contributed by atoms with Gasteiger partial charge in [0.2, 0.25) is 5.78 Å². The fourth-order valence-electron chi connectivity index (χ4n) is 1.63. The molecule has 0 spiro atoms. The number of carboxylic acid groups (broad SMARTS) is 1. The minimum absolute atomic E-state index is 0.0275. The molecule has 0 fully saturated rings. The van der Waals surface area contributed by atoms with Crippen molar-refractivity contribution in [3.8, 4) is 11.5 Å². The molecule has 19 heavy (non-hydrogen) atoms. The number of carboxylic acids is 1. The van der Waals surface area contributed by atoms with Crippen LogP contribution in [0.25, 0.3) is 0 Å². The molecule has 0 amide bonds. The second kappa shape index (κ2) is 5.11. The van der Waals surface area contributed by atoms with Crippen LogP contribution < -0.4 is 4.74 Å². The van der Waals surface area contributed by atoms with Gasteiger partial charge in [-0.2, -0.15) is 0 Å². The molecule has 0 bridgehead atoms. The Bertz CT molecular complexity index is 644. The van der Waals surface area contributed by atoms with Gasteiger partial charge in [0.1, 0.15) is 21.9 Å². The molecule has 2 N–H and O–H groups in total. The number of phenols is 1. The van der Waals surface area contributed by atoms with E-state index in [1.54, 1.807) is 12.1 Å². The normalized spacial score (nSPS) is 10.2. The van der Waals surface area contributed by atoms with Crippen molar-refractivity contribution in [1.82, 2.24) is 0 Å². The molecule has 5 nitrogen and oxygen atoms in total. The topological polar surface area (TPSA) is 83.8 Å². The van der Waals surface area contributed by atoms with E-state index in [1.165, 1.54) is 24.6 Å². The van der Waals surface area contributed by atoms with Gasteiger partial charge in [-0.05, 0) is 18.2 Å². The van der Waals surface area contributed by atoms with Crippen molar-refractivity contribution < 1.29 is 24.5 Å². The highest BCUT2D eigenvalue weighted by molar-refractivity contribution is 7.12. The Balaban J connectivity index is 2.46. The lowest BCUT2D eigenvalue weighted by Gasteiger charge is -2.08. The van der Waals surface area contributed by atoms with Gasteiger partial charge in [-0.1, -0.05) is 6.07 Å². The molecular formula is C13H10O5S. The molecule has 6 heteroatoms. The first-order valence-corrected chi connectivity index (χ1v) is 6.15. The number of hydrogen-bond acceptors (Lipinski definition) is 5. The van der Waals surface area contributed by atoms with E-state index >= 15 is 0 Å². The van der Waals surface area contributed by atoms with Gasteiger partial charge in [0.25, 0.3) is 0 Å². The lowest BCUT2D eigenvalue weighted by molar-refractivity contribution is 0.0702. The van der Waals surface area contributed by atoms with Gasteiger partial charge in [-0.25, -0.2) is 4.79 Å². The fourth-order valence-corrected chi connectivity index (χ4v) is 2.35. The lowest BCUT2D eigenvalue weighted by Crippen LogP contribution is -2.03. The van der Waals surface area contributed by atoms with Crippen molar-refractivity contribution in [3.05, 3.63) is 45.6 Å². The molecule has 0 aliphatic carbocycles. The minimum Gasteiger partial charge on any atom is -0.507 e. The number of thiophene rings is 1. The van der Waals surface area contributed by atoms with E-state index < -0.39 is 11.8 Å². The standard InChI is InChI=1S/C13H10O5S/c1-18-9-4-2-3-8(14)11(9)12(15)7-5-10(13(16)17)19-6-7/h2-6,14H,1H3,(H,16,17). The third kappa shape index (κ3) is 2.43. The summed E-state index contributed by atoms with van der Waals surface area (Å²) in [5.41, 5.74) is 0.238. The number of aromatic carboxylic acids is 1. The highest BCUT2D eigenvalue weighted by Gasteiger charge is 2.21. The maximum Gasteiger partial charge on any atom is 0.345 e. The van der Waals surface area contributed by atoms with Crippen LogP contribution in [0.3, 0.4) is 0 Å². The molecule has 1 heterocycles. The molecular weight excluding hydrogens is 268 g/mol. The number of aromatic hydroxyl groups is 1. The summed E-state index contributed by atoms with van der Waals surface area (Å²) in [6.45, 7) is 0. The van der Waals surface area contributed by atoms with Gasteiger partial charge in [0, 0.05) is 10.9 Å². The second-order valence-corrected chi connectivity index (χ2v) is 4.60. The Morgan fingerprint density at radius 1 is 1.32 bits per heavy atom. The lowest BCUT2D eigenvalue weighted by atomic mass is 10.0. The third-order valence-corrected chi connectivity index (χ3v) is 3.44. The first kappa shape index (κ1) is 13.1. The summed E-state index contributed by atoms with van der Waals surface area (Å²) in [6, 6.07) is 5.76. The summed E-state index contributed by atoms with van der Waals surface area (Å²) in [4.78, 5) is 23.1. The van der Waals surface area contributed by atoms with Gasteiger partial charge >= 0.3 is 5.97 Å². The largest absolute Gasteiger partial charge is 0.507 e. The summed E-state index contributed by atoms with van der Waals surface area (Å²) in [5, 5.41) is 20.0. The SMILES string of the molecule is COc1cccc(O)c1C(=O)c1csc(C(=O)O)c1. The number of ketones is 1. The quantitative estimate of drug-likeness (QED) is 0.839. The number of benzene rings is 1. The van der Waals surface area contributed by atoms with Crippen LogP contribution in [0.4, 0.5) is 0 Å². The first-order chi connectivity index (χ1) is 9.04. The average molecular weight is 278 g/mol. The molecule has 0 radical (unpaired) electrons. The molecule has 2 rings (SSSR count). The highest BCUT2D eigenvalue weighted by atomic mass is 32.1. The van der Waals surface area contributed by atoms with Crippen molar-refractivity contribution in [2.24, 2.45) is 0 Å². The van der Waals surface area contributed by atoms with Crippen LogP contribution in [0.5, 0.6) is 11.5 Å². The van der Waals surface area contributed by atoms with Crippen LogP contribution >= 0.6 is 11.3 Å². The summed E-state index contributed by atoms with van der Waals surface area (Å²) in [5.74, 6) is -1.52. The predicted octanol–water partition coefficient (Wildman–Crippen LogP) is 2.39. The van der Waals surface area contributed by atoms with Crippen LogP contribution in [-0.2, 0) is 0 Å². The number of methoxy groups -OCH3 is 1. The van der Waals surface area contributed by atoms with E-state index in [-0.39, 0.29) is 27.5 Å². The van der Waals surface area contributed by atoms with Crippen molar-refractivity contribution in [3.63, 3.8) is 0 Å². The van der Waals surface area contributed by atoms with E-state index in [4.69, 9.17) is 9.84 Å². The van der Waals surface area contributed by atoms with Crippen molar-refractivity contribution in [1.29, 1.82) is 0 Å². The molecule has 1 aromatic heterocycles. The molecule has 0 aliphatic rings. The molecule has 0 saturated heterocycles. The Hall–Kier alpha value is -2.34. The molecule has 0 atom stereocenters. The van der Waals surface area contributed by atoms with Gasteiger partial charge in [-0.15, -0.1) is 11.3 Å². The van der Waals surface area contributed by atoms with Gasteiger partial charge in [0.05, 0.1) is 7.11 Å². The minimum atomic E-state index is -1.09. The summed E-state index contributed by atoms with van der Waals surface area (Å²) < 4.78 is 5.03. The average Bonchev–Trinajstić information content (AvgIpc) is 2.87. The van der Waals surface area contributed by atoms with Crippen molar-refractivity contribution in [2.45, 2.75) is 0 Å². The van der Waals surface area contributed by atoms with Crippen LogP contribution in [0.2, 0.25) is 0 Å². The molecule has 0 aliphatic heterocycles. The zero-order chi connectivity index (χ0) is 14.0. The fraction of sp³-hybridized carbons (Fsp3) is 0.0769. The number of carbonyl (C=O) groups is 2. The van der Waals surface area contributed by atoms with Gasteiger partial charge in [-0.3, -0.25) is 4.79 Å². The van der Waals surface area contributed by atoms with Crippen LogP contribution in [-0.4, -0.2) is 29.1 Å². The number of phenolic OH excluding ortho intramolecular Hbond substituents is 1. The summed E-state index contributed by atoms with van der Waals surface area (Å²) in [6.07, 6.45) is 0. The summed E-state index contributed by atoms with van der Waals surface area (Å²) >= 11 is 0.957. The van der Waals surface area contributed by atoms with E-state index in [2.05, 4.69) is 0 Å². The van der Waals surface area contributed by atoms with Gasteiger partial charge < -0.3 is 14.9 Å². The zero-order valence-corrected chi connectivity index (χ0v) is 10.7. The Kier molecular flexibility index (Phi) is 3.52. The van der Waals surface area contributed by atoms with E-state index in [0.29, 0.717) is 0 Å². The molecule has 0 unspecified atom stereocenters. The van der Waals surface area contributed by atoms with E-state index in [9.17, 15) is 14.7 Å². The first-order valence-electron chi connectivity index (χ1n) is 5.27. The van der Waals surface area contributed by atoms with Crippen LogP contribution in [0, 0.1) is 0 Å². The predicted molar refractivity (Wildman–Crippen MR) is 69.4 cm³/mol. The van der Waals surface area contributed by atoms with Gasteiger partial charge in [0.15, 0.2) is 0 Å². The number of rotatable bonds is 4. The Morgan fingerprint density at radius 2 is 2.05 bits per heavy atom. The summed E-state index contributed by atoms with van der Waals surface area (Å²) in [7, 11) is 1.39. The molecule has 98 valence electrons. The second-order valence-electron chi connectivity index (χ2n) is 3.69. The van der Waals surface area contributed by atoms with Crippen LogP contribution in [0.1, 0.15) is 25.6 Å². The maximum atomic E-state index is 12.3. The molecule has 2 aromatic rings. The Labute approximate surface area is 112 Å². The zero-order valence-electron chi connectivity index (χ0n) is 9.91. The third-order valence-electron chi connectivity index (χ3n) is 2.52. The Morgan fingerprint density at radius 3 is 2.63 bits per heavy atom. The maximum absolute atomic E-state index is 12.3. The number of carbonyl (C=O) groups excluding carboxylic acids is 1. The number of hydrogen-bond donors (Lipinski definition) is 2. The monoisotopic (exact) mass is 278 g/mol. The molecule has 0 saturated carbocycles. The van der Waals surface area contributed by atoms with E-state index in [0.717, 1.165) is 11.3 Å². The van der Waals surface area contributed by atoms with Crippen LogP contribution in [0.15, 0.2) is 29.6 Å². The van der Waals surface area contributed by atoms with Crippen molar-refractivity contribution >= 4 is 23.1 Å².